The van der Waals surface area contributed by atoms with Gasteiger partial charge in [-0.3, -0.25) is 0 Å². The molecule has 1 aliphatic carbocycles. The average Bonchev–Trinajstić information content (AvgIpc) is 2.92. The predicted octanol–water partition coefficient (Wildman–Crippen LogP) is 4.77. The van der Waals surface area contributed by atoms with Crippen molar-refractivity contribution in [3.8, 4) is 0 Å². The van der Waals surface area contributed by atoms with Crippen LogP contribution >= 0.6 is 27.3 Å². The van der Waals surface area contributed by atoms with Gasteiger partial charge >= 0.3 is 0 Å². The fraction of sp³-hybridized carbons (Fsp3) is 0.438. The quantitative estimate of drug-likeness (QED) is 0.840. The summed E-state index contributed by atoms with van der Waals surface area (Å²) in [6.07, 6.45) is 4.85. The second-order valence-corrected chi connectivity index (χ2v) is 7.45. The molecule has 0 aliphatic heterocycles. The number of aryl methyl sites for hydroxylation is 2. The number of rotatable bonds is 4. The lowest BCUT2D eigenvalue weighted by Gasteiger charge is -2.11. The van der Waals surface area contributed by atoms with Gasteiger partial charge in [-0.05, 0) is 66.2 Å². The van der Waals surface area contributed by atoms with Gasteiger partial charge in [-0.1, -0.05) is 6.07 Å². The molecule has 1 aromatic heterocycles. The number of hydrogen-bond acceptors (Lipinski definition) is 3. The van der Waals surface area contributed by atoms with Gasteiger partial charge in [0.05, 0.1) is 16.2 Å². The average molecular weight is 369 g/mol. The van der Waals surface area contributed by atoms with Gasteiger partial charge in [0.1, 0.15) is 10.8 Å². The molecule has 1 N–H and O–H groups in total. The number of benzene rings is 1. The first-order valence-electron chi connectivity index (χ1n) is 7.29. The van der Waals surface area contributed by atoms with Crippen LogP contribution in [0.4, 0.5) is 4.39 Å². The molecular weight excluding hydrogens is 351 g/mol. The van der Waals surface area contributed by atoms with E-state index in [1.54, 1.807) is 12.1 Å². The Labute approximate surface area is 136 Å². The third-order valence-corrected chi connectivity index (χ3v) is 5.81. The molecule has 0 saturated carbocycles. The van der Waals surface area contributed by atoms with Crippen LogP contribution in [0.5, 0.6) is 0 Å². The van der Waals surface area contributed by atoms with Crippen LogP contribution in [0.25, 0.3) is 0 Å². The van der Waals surface area contributed by atoms with Crippen molar-refractivity contribution in [1.82, 2.24) is 10.3 Å². The summed E-state index contributed by atoms with van der Waals surface area (Å²) in [5, 5.41) is 4.59. The van der Waals surface area contributed by atoms with Gasteiger partial charge in [0.25, 0.3) is 0 Å². The molecule has 0 fully saturated rings. The Kier molecular flexibility index (Phi) is 4.72. The molecule has 112 valence electrons. The van der Waals surface area contributed by atoms with Crippen molar-refractivity contribution in [3.63, 3.8) is 0 Å². The first kappa shape index (κ1) is 15.1. The summed E-state index contributed by atoms with van der Waals surface area (Å²) in [4.78, 5) is 6.23. The van der Waals surface area contributed by atoms with E-state index >= 15 is 0 Å². The van der Waals surface area contributed by atoms with Gasteiger partial charge in [0.2, 0.25) is 0 Å². The zero-order chi connectivity index (χ0) is 14.8. The second-order valence-electron chi connectivity index (χ2n) is 5.48. The van der Waals surface area contributed by atoms with Crippen molar-refractivity contribution < 1.29 is 4.39 Å². The number of thiazole rings is 1. The Morgan fingerprint density at radius 3 is 2.95 bits per heavy atom. The number of nitrogens with one attached hydrogen (secondary N) is 1. The van der Waals surface area contributed by atoms with E-state index in [4.69, 9.17) is 4.98 Å². The topological polar surface area (TPSA) is 24.9 Å². The normalized spacial score (nSPS) is 15.8. The Bertz CT molecular complexity index is 618. The minimum Gasteiger partial charge on any atom is -0.304 e. The summed E-state index contributed by atoms with van der Waals surface area (Å²) in [7, 11) is 0. The molecule has 1 aliphatic rings. The second kappa shape index (κ2) is 6.55. The van der Waals surface area contributed by atoms with Crippen LogP contribution in [-0.4, -0.2) is 4.98 Å². The summed E-state index contributed by atoms with van der Waals surface area (Å²) in [5.41, 5.74) is 2.24. The molecular formula is C16H18BrFN2S. The molecule has 0 unspecified atom stereocenters. The summed E-state index contributed by atoms with van der Waals surface area (Å²) >= 11 is 5.00. The van der Waals surface area contributed by atoms with E-state index in [1.807, 2.05) is 17.4 Å². The zero-order valence-corrected chi connectivity index (χ0v) is 14.4. The lowest BCUT2D eigenvalue weighted by atomic mass is 10.0. The van der Waals surface area contributed by atoms with Gasteiger partial charge in [-0.25, -0.2) is 9.37 Å². The van der Waals surface area contributed by atoms with Crippen LogP contribution in [0.15, 0.2) is 22.7 Å². The number of fused-ring (bicyclic) bond motifs is 1. The van der Waals surface area contributed by atoms with Gasteiger partial charge < -0.3 is 5.32 Å². The standard InChI is InChI=1S/C16H18BrFN2S/c1-10(16-20-14-4-2-3-5-15(14)21-16)19-9-11-6-7-12(17)13(18)8-11/h6-8,10,19H,2-5,9H2,1H3/t10-/m1/s1. The maximum atomic E-state index is 13.5. The summed E-state index contributed by atoms with van der Waals surface area (Å²) in [5.74, 6) is -0.216. The minimum absolute atomic E-state index is 0.201. The van der Waals surface area contributed by atoms with Gasteiger partial charge in [0.15, 0.2) is 0 Å². The molecule has 1 atom stereocenters. The van der Waals surface area contributed by atoms with Crippen molar-refractivity contribution in [2.75, 3.05) is 0 Å². The molecule has 1 heterocycles. The van der Waals surface area contributed by atoms with Crippen LogP contribution in [-0.2, 0) is 19.4 Å². The summed E-state index contributed by atoms with van der Waals surface area (Å²) in [6, 6.07) is 5.45. The summed E-state index contributed by atoms with van der Waals surface area (Å²) in [6.45, 7) is 2.77. The first-order valence-corrected chi connectivity index (χ1v) is 8.90. The highest BCUT2D eigenvalue weighted by atomic mass is 79.9. The van der Waals surface area contributed by atoms with Gasteiger partial charge in [0, 0.05) is 11.4 Å². The molecule has 0 bridgehead atoms. The molecule has 2 aromatic rings. The Hall–Kier alpha value is -0.780. The van der Waals surface area contributed by atoms with Crippen LogP contribution in [0.1, 0.15) is 46.9 Å². The maximum Gasteiger partial charge on any atom is 0.137 e. The molecule has 5 heteroatoms. The van der Waals surface area contributed by atoms with Crippen LogP contribution in [0, 0.1) is 5.82 Å². The largest absolute Gasteiger partial charge is 0.304 e. The fourth-order valence-corrected chi connectivity index (χ4v) is 3.99. The lowest BCUT2D eigenvalue weighted by molar-refractivity contribution is 0.563. The molecule has 21 heavy (non-hydrogen) atoms. The van der Waals surface area contributed by atoms with Crippen molar-refractivity contribution in [2.24, 2.45) is 0 Å². The van der Waals surface area contributed by atoms with Crippen molar-refractivity contribution in [2.45, 2.75) is 45.2 Å². The van der Waals surface area contributed by atoms with Crippen molar-refractivity contribution in [3.05, 3.63) is 49.6 Å². The van der Waals surface area contributed by atoms with Crippen molar-refractivity contribution >= 4 is 27.3 Å². The van der Waals surface area contributed by atoms with E-state index in [-0.39, 0.29) is 11.9 Å². The number of halogens is 2. The number of hydrogen-bond donors (Lipinski definition) is 1. The zero-order valence-electron chi connectivity index (χ0n) is 12.0. The molecule has 3 rings (SSSR count). The van der Waals surface area contributed by atoms with Crippen LogP contribution in [0.3, 0.4) is 0 Å². The molecule has 0 saturated heterocycles. The number of nitrogens with zero attached hydrogens (tertiary/aromatic N) is 1. The smallest absolute Gasteiger partial charge is 0.137 e. The highest BCUT2D eigenvalue weighted by molar-refractivity contribution is 9.10. The van der Waals surface area contributed by atoms with E-state index in [1.165, 1.54) is 29.8 Å². The highest BCUT2D eigenvalue weighted by Gasteiger charge is 2.18. The Morgan fingerprint density at radius 2 is 2.19 bits per heavy atom. The Morgan fingerprint density at radius 1 is 1.38 bits per heavy atom. The van der Waals surface area contributed by atoms with Gasteiger partial charge in [-0.2, -0.15) is 0 Å². The number of aromatic nitrogens is 1. The van der Waals surface area contributed by atoms with E-state index in [2.05, 4.69) is 28.2 Å². The van der Waals surface area contributed by atoms with Crippen LogP contribution < -0.4 is 5.32 Å². The molecule has 2 nitrogen and oxygen atoms in total. The monoisotopic (exact) mass is 368 g/mol. The van der Waals surface area contributed by atoms with Gasteiger partial charge in [-0.15, -0.1) is 11.3 Å². The lowest BCUT2D eigenvalue weighted by Crippen LogP contribution is -2.18. The van der Waals surface area contributed by atoms with Crippen LogP contribution in [0.2, 0.25) is 0 Å². The third-order valence-electron chi connectivity index (χ3n) is 3.83. The van der Waals surface area contributed by atoms with E-state index in [9.17, 15) is 4.39 Å². The molecule has 1 aromatic carbocycles. The minimum atomic E-state index is -0.216. The SMILES string of the molecule is C[C@@H](NCc1ccc(Br)c(F)c1)c1nc2c(s1)CCCC2. The van der Waals surface area contributed by atoms with E-state index in [0.29, 0.717) is 11.0 Å². The van der Waals surface area contributed by atoms with E-state index < -0.39 is 0 Å². The maximum absolute atomic E-state index is 13.5. The predicted molar refractivity (Wildman–Crippen MR) is 88.1 cm³/mol. The third kappa shape index (κ3) is 3.52. The first-order chi connectivity index (χ1) is 10.1. The highest BCUT2D eigenvalue weighted by Crippen LogP contribution is 2.29. The molecule has 0 radical (unpaired) electrons. The molecule has 0 spiro atoms. The molecule has 0 amide bonds. The Balaban J connectivity index is 1.64. The fourth-order valence-electron chi connectivity index (χ4n) is 2.57. The summed E-state index contributed by atoms with van der Waals surface area (Å²) < 4.78 is 14.0. The van der Waals surface area contributed by atoms with Crippen molar-refractivity contribution in [1.29, 1.82) is 0 Å². The van der Waals surface area contributed by atoms with E-state index in [0.717, 1.165) is 17.0 Å².